The van der Waals surface area contributed by atoms with E-state index < -0.39 is 0 Å². The molecule has 0 aliphatic carbocycles. The van der Waals surface area contributed by atoms with Gasteiger partial charge in [0.15, 0.2) is 5.82 Å². The van der Waals surface area contributed by atoms with Crippen LogP contribution < -0.4 is 5.84 Å². The molecule has 0 radical (unpaired) electrons. The van der Waals surface area contributed by atoms with Crippen LogP contribution in [0.25, 0.3) is 11.4 Å². The number of carbonyl (C=O) groups excluding carboxylic acids is 1. The lowest BCUT2D eigenvalue weighted by Gasteiger charge is -2.29. The summed E-state index contributed by atoms with van der Waals surface area (Å²) in [5, 5.41) is 10.6. The van der Waals surface area contributed by atoms with Gasteiger partial charge in [0.25, 0.3) is 0 Å². The zero-order valence-electron chi connectivity index (χ0n) is 14.5. The fourth-order valence-electron chi connectivity index (χ4n) is 3.06. The summed E-state index contributed by atoms with van der Waals surface area (Å²) in [4.78, 5) is 16.1. The topological polar surface area (TPSA) is 90.2 Å². The highest BCUT2D eigenvalue weighted by Gasteiger charge is 2.27. The second kappa shape index (κ2) is 6.81. The van der Waals surface area contributed by atoms with Crippen LogP contribution in [-0.4, -0.2) is 37.5 Å². The molecule has 2 N–H and O–H groups in total. The van der Waals surface area contributed by atoms with Gasteiger partial charge in [-0.1, -0.05) is 11.8 Å². The zero-order chi connectivity index (χ0) is 18.3. The van der Waals surface area contributed by atoms with E-state index in [9.17, 15) is 4.79 Å². The fourth-order valence-corrected chi connectivity index (χ4v) is 4.80. The van der Waals surface area contributed by atoms with E-state index >= 15 is 0 Å². The number of nitrogens with zero attached hydrogens (tertiary/aromatic N) is 4. The van der Waals surface area contributed by atoms with Crippen molar-refractivity contribution in [3.8, 4) is 11.4 Å². The minimum Gasteiger partial charge on any atom is -0.469 e. The van der Waals surface area contributed by atoms with Crippen molar-refractivity contribution in [3.05, 3.63) is 40.0 Å². The van der Waals surface area contributed by atoms with Crippen LogP contribution in [0.5, 0.6) is 0 Å². The second-order valence-corrected chi connectivity index (χ2v) is 8.51. The van der Waals surface area contributed by atoms with Gasteiger partial charge >= 0.3 is 0 Å². The maximum Gasteiger partial charge on any atom is 0.236 e. The van der Waals surface area contributed by atoms with Crippen molar-refractivity contribution in [1.82, 2.24) is 19.8 Å². The van der Waals surface area contributed by atoms with E-state index in [1.807, 2.05) is 18.7 Å². The number of hydrogen-bond acceptors (Lipinski definition) is 7. The zero-order valence-corrected chi connectivity index (χ0v) is 16.1. The van der Waals surface area contributed by atoms with E-state index in [0.717, 1.165) is 24.3 Å². The van der Waals surface area contributed by atoms with Gasteiger partial charge in [0.1, 0.15) is 5.76 Å². The van der Waals surface area contributed by atoms with Crippen LogP contribution >= 0.6 is 23.1 Å². The molecule has 1 aliphatic rings. The Morgan fingerprint density at radius 3 is 3.04 bits per heavy atom. The van der Waals surface area contributed by atoms with Crippen molar-refractivity contribution in [1.29, 1.82) is 0 Å². The Labute approximate surface area is 159 Å². The third kappa shape index (κ3) is 3.01. The van der Waals surface area contributed by atoms with Crippen molar-refractivity contribution >= 4 is 29.0 Å². The van der Waals surface area contributed by atoms with Gasteiger partial charge < -0.3 is 15.2 Å². The lowest BCUT2D eigenvalue weighted by molar-refractivity contribution is -0.131. The number of furan rings is 1. The molecule has 4 heterocycles. The number of amides is 1. The number of aryl methyl sites for hydroxylation is 1. The molecule has 0 aromatic carbocycles. The van der Waals surface area contributed by atoms with Crippen molar-refractivity contribution in [2.75, 3.05) is 12.4 Å². The van der Waals surface area contributed by atoms with Gasteiger partial charge in [0.2, 0.25) is 11.1 Å². The molecule has 0 fully saturated rings. The highest BCUT2D eigenvalue weighted by Crippen LogP contribution is 2.29. The SMILES string of the molecule is Cc1occc1-c1nnc(SC(C)C(=O)N2CCc3sccc3C2)n1N. The quantitative estimate of drug-likeness (QED) is 0.545. The Kier molecular flexibility index (Phi) is 4.49. The summed E-state index contributed by atoms with van der Waals surface area (Å²) in [6, 6.07) is 3.91. The average molecular weight is 390 g/mol. The predicted octanol–water partition coefficient (Wildman–Crippen LogP) is 2.69. The Morgan fingerprint density at radius 2 is 2.27 bits per heavy atom. The number of fused-ring (bicyclic) bond motifs is 1. The van der Waals surface area contributed by atoms with E-state index in [2.05, 4.69) is 21.6 Å². The summed E-state index contributed by atoms with van der Waals surface area (Å²) in [6.45, 7) is 5.16. The van der Waals surface area contributed by atoms with Gasteiger partial charge in [-0.2, -0.15) is 0 Å². The largest absolute Gasteiger partial charge is 0.469 e. The summed E-state index contributed by atoms with van der Waals surface area (Å²) in [5.41, 5.74) is 2.05. The van der Waals surface area contributed by atoms with E-state index in [1.165, 1.54) is 26.9 Å². The molecule has 0 spiro atoms. The first-order valence-corrected chi connectivity index (χ1v) is 10.1. The number of nitrogens with two attached hydrogens (primary N) is 1. The van der Waals surface area contributed by atoms with Crippen molar-refractivity contribution < 1.29 is 9.21 Å². The normalized spacial score (nSPS) is 15.1. The van der Waals surface area contributed by atoms with Crippen LogP contribution in [0.15, 0.2) is 33.3 Å². The summed E-state index contributed by atoms with van der Waals surface area (Å²) in [6.07, 6.45) is 2.51. The van der Waals surface area contributed by atoms with E-state index in [-0.39, 0.29) is 11.2 Å². The van der Waals surface area contributed by atoms with Gasteiger partial charge in [-0.15, -0.1) is 21.5 Å². The molecule has 1 atom stereocenters. The first kappa shape index (κ1) is 17.2. The Morgan fingerprint density at radius 1 is 1.42 bits per heavy atom. The first-order valence-electron chi connectivity index (χ1n) is 8.30. The van der Waals surface area contributed by atoms with Crippen LogP contribution in [0.1, 0.15) is 23.1 Å². The molecule has 1 aliphatic heterocycles. The highest BCUT2D eigenvalue weighted by atomic mass is 32.2. The summed E-state index contributed by atoms with van der Waals surface area (Å²) in [7, 11) is 0. The number of carbonyl (C=O) groups is 1. The van der Waals surface area contributed by atoms with Gasteiger partial charge in [0, 0.05) is 18.0 Å². The van der Waals surface area contributed by atoms with Crippen LogP contribution in [0.3, 0.4) is 0 Å². The van der Waals surface area contributed by atoms with Crippen molar-refractivity contribution in [3.63, 3.8) is 0 Å². The Bertz CT molecular complexity index is 945. The third-order valence-electron chi connectivity index (χ3n) is 4.51. The molecule has 9 heteroatoms. The summed E-state index contributed by atoms with van der Waals surface area (Å²) < 4.78 is 6.72. The average Bonchev–Trinajstić information content (AvgIpc) is 3.35. The highest BCUT2D eigenvalue weighted by molar-refractivity contribution is 8.00. The molecule has 0 saturated heterocycles. The molecular weight excluding hydrogens is 370 g/mol. The van der Waals surface area contributed by atoms with Gasteiger partial charge in [0.05, 0.1) is 17.1 Å². The molecular formula is C17H19N5O2S2. The number of aromatic nitrogens is 3. The molecule has 0 saturated carbocycles. The van der Waals surface area contributed by atoms with Gasteiger partial charge in [-0.05, 0) is 43.3 Å². The lowest BCUT2D eigenvalue weighted by atomic mass is 10.1. The lowest BCUT2D eigenvalue weighted by Crippen LogP contribution is -2.39. The number of rotatable bonds is 4. The smallest absolute Gasteiger partial charge is 0.236 e. The van der Waals surface area contributed by atoms with E-state index in [0.29, 0.717) is 17.5 Å². The van der Waals surface area contributed by atoms with Crippen LogP contribution in [-0.2, 0) is 17.8 Å². The number of hydrogen-bond donors (Lipinski definition) is 1. The van der Waals surface area contributed by atoms with E-state index in [1.54, 1.807) is 23.7 Å². The van der Waals surface area contributed by atoms with Gasteiger partial charge in [-0.25, -0.2) is 4.68 Å². The fraction of sp³-hybridized carbons (Fsp3) is 0.353. The Balaban J connectivity index is 1.47. The minimum absolute atomic E-state index is 0.0934. The Hall–Kier alpha value is -2.26. The number of thiophene rings is 1. The van der Waals surface area contributed by atoms with Crippen LogP contribution in [0.2, 0.25) is 0 Å². The molecule has 0 bridgehead atoms. The molecule has 7 nitrogen and oxygen atoms in total. The molecule has 26 heavy (non-hydrogen) atoms. The molecule has 136 valence electrons. The van der Waals surface area contributed by atoms with Crippen LogP contribution in [0.4, 0.5) is 0 Å². The number of thioether (sulfide) groups is 1. The van der Waals surface area contributed by atoms with Gasteiger partial charge in [-0.3, -0.25) is 4.79 Å². The molecule has 3 aromatic heterocycles. The van der Waals surface area contributed by atoms with Crippen LogP contribution in [0, 0.1) is 6.92 Å². The standard InChI is InChI=1S/C17H19N5O2S2/c1-10-13(4-7-24-10)15-19-20-17(22(15)18)26-11(2)16(23)21-6-3-14-12(9-21)5-8-25-14/h4-5,7-8,11H,3,6,9,18H2,1-2H3. The minimum atomic E-state index is -0.292. The maximum atomic E-state index is 12.8. The molecule has 1 amide bonds. The number of nitrogen functional groups attached to an aromatic ring is 1. The molecule has 3 aromatic rings. The first-order chi connectivity index (χ1) is 12.5. The predicted molar refractivity (Wildman–Crippen MR) is 101 cm³/mol. The molecule has 1 unspecified atom stereocenters. The maximum absolute atomic E-state index is 12.8. The molecule has 4 rings (SSSR count). The van der Waals surface area contributed by atoms with E-state index in [4.69, 9.17) is 10.3 Å². The van der Waals surface area contributed by atoms with Crippen molar-refractivity contribution in [2.45, 2.75) is 37.2 Å². The monoisotopic (exact) mass is 389 g/mol. The van der Waals surface area contributed by atoms with Crippen molar-refractivity contribution in [2.24, 2.45) is 0 Å². The summed E-state index contributed by atoms with van der Waals surface area (Å²) in [5.74, 6) is 7.49. The summed E-state index contributed by atoms with van der Waals surface area (Å²) >= 11 is 3.09. The second-order valence-electron chi connectivity index (χ2n) is 6.21. The third-order valence-corrected chi connectivity index (χ3v) is 6.58.